The summed E-state index contributed by atoms with van der Waals surface area (Å²) in [4.78, 5) is 1.29. The van der Waals surface area contributed by atoms with Gasteiger partial charge in [-0.1, -0.05) is 12.1 Å². The molecule has 18 heavy (non-hydrogen) atoms. The summed E-state index contributed by atoms with van der Waals surface area (Å²) in [5.41, 5.74) is 8.52. The number of benzene rings is 1. The minimum atomic E-state index is 0.0279. The molecule has 1 aromatic carbocycles. The molecule has 0 saturated carbocycles. The molecule has 2 N–H and O–H groups in total. The molecule has 2 aromatic rings. The predicted octanol–water partition coefficient (Wildman–Crippen LogP) is 4.07. The Kier molecular flexibility index (Phi) is 4.43. The Morgan fingerprint density at radius 1 is 1.33 bits per heavy atom. The van der Waals surface area contributed by atoms with E-state index >= 15 is 0 Å². The first kappa shape index (κ1) is 13.6. The van der Waals surface area contributed by atoms with Crippen molar-refractivity contribution in [3.8, 4) is 5.75 Å². The van der Waals surface area contributed by atoms with Crippen molar-refractivity contribution in [3.63, 3.8) is 0 Å². The van der Waals surface area contributed by atoms with Gasteiger partial charge in [-0.3, -0.25) is 0 Å². The highest BCUT2D eigenvalue weighted by Gasteiger charge is 2.10. The second kappa shape index (κ2) is 5.87. The maximum Gasteiger partial charge on any atom is 0.121 e. The van der Waals surface area contributed by atoms with Crippen LogP contribution in [0.2, 0.25) is 0 Å². The molecule has 0 aliphatic carbocycles. The van der Waals surface area contributed by atoms with Crippen molar-refractivity contribution in [2.24, 2.45) is 5.73 Å². The number of rotatable bonds is 4. The zero-order chi connectivity index (χ0) is 13.1. The molecular weight excluding hydrogens is 310 g/mol. The van der Waals surface area contributed by atoms with E-state index in [4.69, 9.17) is 10.5 Å². The average molecular weight is 326 g/mol. The van der Waals surface area contributed by atoms with Gasteiger partial charge < -0.3 is 10.5 Å². The lowest BCUT2D eigenvalue weighted by molar-refractivity contribution is 0.411. The molecule has 0 amide bonds. The highest BCUT2D eigenvalue weighted by Crippen LogP contribution is 2.27. The Morgan fingerprint density at radius 2 is 2.11 bits per heavy atom. The Bertz CT molecular complexity index is 538. The highest BCUT2D eigenvalue weighted by atomic mass is 79.9. The van der Waals surface area contributed by atoms with Gasteiger partial charge in [0.15, 0.2) is 0 Å². The largest absolute Gasteiger partial charge is 0.496 e. The van der Waals surface area contributed by atoms with Crippen molar-refractivity contribution >= 4 is 27.3 Å². The van der Waals surface area contributed by atoms with Crippen LogP contribution < -0.4 is 10.5 Å². The number of hydrogen-bond acceptors (Lipinski definition) is 3. The second-order valence-corrected chi connectivity index (χ2v) is 6.79. The molecule has 96 valence electrons. The molecule has 2 nitrogen and oxygen atoms in total. The van der Waals surface area contributed by atoms with Gasteiger partial charge in [0.1, 0.15) is 5.75 Å². The molecule has 1 unspecified atom stereocenters. The van der Waals surface area contributed by atoms with E-state index in [1.54, 1.807) is 18.4 Å². The topological polar surface area (TPSA) is 35.2 Å². The van der Waals surface area contributed by atoms with E-state index in [0.29, 0.717) is 0 Å². The van der Waals surface area contributed by atoms with Crippen LogP contribution in [0.4, 0.5) is 0 Å². The monoisotopic (exact) mass is 325 g/mol. The van der Waals surface area contributed by atoms with Gasteiger partial charge in [-0.25, -0.2) is 0 Å². The van der Waals surface area contributed by atoms with Gasteiger partial charge in [0.2, 0.25) is 0 Å². The summed E-state index contributed by atoms with van der Waals surface area (Å²) in [5.74, 6) is 0.907. The Balaban J connectivity index is 2.13. The van der Waals surface area contributed by atoms with Crippen molar-refractivity contribution in [1.82, 2.24) is 0 Å². The highest BCUT2D eigenvalue weighted by molar-refractivity contribution is 9.11. The molecule has 4 heteroatoms. The van der Waals surface area contributed by atoms with E-state index in [9.17, 15) is 0 Å². The quantitative estimate of drug-likeness (QED) is 0.919. The van der Waals surface area contributed by atoms with E-state index < -0.39 is 0 Å². The lowest BCUT2D eigenvalue weighted by Gasteiger charge is -2.13. The maximum atomic E-state index is 6.25. The van der Waals surface area contributed by atoms with Gasteiger partial charge in [0, 0.05) is 17.3 Å². The Morgan fingerprint density at radius 3 is 2.67 bits per heavy atom. The summed E-state index contributed by atoms with van der Waals surface area (Å²) in [7, 11) is 1.69. The predicted molar refractivity (Wildman–Crippen MR) is 80.4 cm³/mol. The first-order chi connectivity index (χ1) is 8.60. The minimum Gasteiger partial charge on any atom is -0.496 e. The van der Waals surface area contributed by atoms with E-state index in [0.717, 1.165) is 27.1 Å². The van der Waals surface area contributed by atoms with Crippen molar-refractivity contribution in [2.45, 2.75) is 19.4 Å². The zero-order valence-electron chi connectivity index (χ0n) is 10.4. The van der Waals surface area contributed by atoms with Crippen molar-refractivity contribution < 1.29 is 4.74 Å². The van der Waals surface area contributed by atoms with Crippen LogP contribution in [0.1, 0.15) is 22.0 Å². The van der Waals surface area contributed by atoms with Gasteiger partial charge in [0.05, 0.1) is 10.9 Å². The van der Waals surface area contributed by atoms with Crippen LogP contribution in [0.3, 0.4) is 0 Å². The van der Waals surface area contributed by atoms with Crippen molar-refractivity contribution in [3.05, 3.63) is 50.1 Å². The standard InChI is InChI=1S/C14H16BrNOS/c1-9-7-10(3-5-13(9)17-2)12(16)8-11-4-6-14(15)18-11/h3-7,12H,8,16H2,1-2H3. The molecule has 0 aliphatic rings. The normalized spacial score (nSPS) is 12.4. The third kappa shape index (κ3) is 3.13. The van der Waals surface area contributed by atoms with Gasteiger partial charge in [-0.2, -0.15) is 0 Å². The molecule has 0 spiro atoms. The molecule has 0 bridgehead atoms. The van der Waals surface area contributed by atoms with E-state index in [1.165, 1.54) is 4.88 Å². The number of methoxy groups -OCH3 is 1. The number of thiophene rings is 1. The van der Waals surface area contributed by atoms with Gasteiger partial charge in [0.25, 0.3) is 0 Å². The molecular formula is C14H16BrNOS. The van der Waals surface area contributed by atoms with Crippen molar-refractivity contribution in [1.29, 1.82) is 0 Å². The van der Waals surface area contributed by atoms with Crippen LogP contribution in [-0.2, 0) is 6.42 Å². The first-order valence-corrected chi connectivity index (χ1v) is 7.35. The summed E-state index contributed by atoms with van der Waals surface area (Å²) in [6.45, 7) is 2.04. The first-order valence-electron chi connectivity index (χ1n) is 5.74. The third-order valence-electron chi connectivity index (χ3n) is 2.90. The fraction of sp³-hybridized carbons (Fsp3) is 0.286. The van der Waals surface area contributed by atoms with Crippen molar-refractivity contribution in [2.75, 3.05) is 7.11 Å². The van der Waals surface area contributed by atoms with E-state index in [2.05, 4.69) is 34.1 Å². The van der Waals surface area contributed by atoms with Gasteiger partial charge >= 0.3 is 0 Å². The van der Waals surface area contributed by atoms with Crippen LogP contribution in [0.15, 0.2) is 34.1 Å². The molecule has 0 saturated heterocycles. The van der Waals surface area contributed by atoms with Crippen LogP contribution in [0.5, 0.6) is 5.75 Å². The molecule has 1 aromatic heterocycles. The molecule has 1 atom stereocenters. The second-order valence-electron chi connectivity index (χ2n) is 4.25. The summed E-state index contributed by atoms with van der Waals surface area (Å²) >= 11 is 5.20. The van der Waals surface area contributed by atoms with Crippen LogP contribution in [0.25, 0.3) is 0 Å². The number of nitrogens with two attached hydrogens (primary N) is 1. The lowest BCUT2D eigenvalue weighted by atomic mass is 10.0. The number of hydrogen-bond donors (Lipinski definition) is 1. The fourth-order valence-electron chi connectivity index (χ4n) is 1.93. The van der Waals surface area contributed by atoms with Crippen LogP contribution in [0, 0.1) is 6.92 Å². The summed E-state index contributed by atoms with van der Waals surface area (Å²) in [6.07, 6.45) is 0.863. The summed E-state index contributed by atoms with van der Waals surface area (Å²) < 4.78 is 6.41. The fourth-order valence-corrected chi connectivity index (χ4v) is 3.47. The smallest absolute Gasteiger partial charge is 0.121 e. The number of halogens is 1. The Labute approximate surface area is 120 Å². The molecule has 0 aliphatic heterocycles. The summed E-state index contributed by atoms with van der Waals surface area (Å²) in [5, 5.41) is 0. The molecule has 2 rings (SSSR count). The van der Waals surface area contributed by atoms with Gasteiger partial charge in [-0.05, 0) is 52.2 Å². The van der Waals surface area contributed by atoms with E-state index in [1.807, 2.05) is 19.1 Å². The maximum absolute atomic E-state index is 6.25. The summed E-state index contributed by atoms with van der Waals surface area (Å²) in [6, 6.07) is 10.3. The number of aryl methyl sites for hydroxylation is 1. The lowest BCUT2D eigenvalue weighted by Crippen LogP contribution is -2.12. The van der Waals surface area contributed by atoms with E-state index in [-0.39, 0.29) is 6.04 Å². The zero-order valence-corrected chi connectivity index (χ0v) is 12.8. The minimum absolute atomic E-state index is 0.0279. The van der Waals surface area contributed by atoms with Gasteiger partial charge in [-0.15, -0.1) is 11.3 Å². The molecule has 1 heterocycles. The SMILES string of the molecule is COc1ccc(C(N)Cc2ccc(Br)s2)cc1C. The average Bonchev–Trinajstić information content (AvgIpc) is 2.74. The molecule has 0 fully saturated rings. The van der Waals surface area contributed by atoms with Crippen LogP contribution >= 0.6 is 27.3 Å². The third-order valence-corrected chi connectivity index (χ3v) is 4.54. The molecule has 0 radical (unpaired) electrons. The number of ether oxygens (including phenoxy) is 1. The van der Waals surface area contributed by atoms with Crippen LogP contribution in [-0.4, -0.2) is 7.11 Å². The Hall–Kier alpha value is -0.840.